The van der Waals surface area contributed by atoms with Gasteiger partial charge < -0.3 is 19.5 Å². The Morgan fingerprint density at radius 1 is 1.33 bits per heavy atom. The third kappa shape index (κ3) is 5.61. The van der Waals surface area contributed by atoms with Crippen molar-refractivity contribution in [1.29, 1.82) is 0 Å². The van der Waals surface area contributed by atoms with Crippen LogP contribution in [-0.4, -0.2) is 67.4 Å². The summed E-state index contributed by atoms with van der Waals surface area (Å²) in [7, 11) is 1.25. The van der Waals surface area contributed by atoms with E-state index in [1.807, 2.05) is 0 Å². The van der Waals surface area contributed by atoms with E-state index in [9.17, 15) is 19.2 Å². The van der Waals surface area contributed by atoms with Crippen molar-refractivity contribution in [2.75, 3.05) is 33.4 Å². The molecule has 1 N–H and O–H groups in total. The summed E-state index contributed by atoms with van der Waals surface area (Å²) in [6.07, 6.45) is 3.31. The molecule has 0 aliphatic carbocycles. The number of benzene rings is 1. The molecule has 9 nitrogen and oxygen atoms in total. The van der Waals surface area contributed by atoms with E-state index < -0.39 is 23.0 Å². The van der Waals surface area contributed by atoms with E-state index in [1.165, 1.54) is 13.2 Å². The Morgan fingerprint density at radius 2 is 2.13 bits per heavy atom. The standard InChI is InChI=1S/C20H22N2O7S/c1-27-18(24)12-29-15-7-3-2-5-13(15)9-16-19(25)22(20(26)30-16)11-17(23)21-10-14-6-4-8-28-14/h2-3,5,7,9,14H,4,6,8,10-12H2,1H3,(H,21,23)/b16-9-/t14-/m0/s1. The van der Waals surface area contributed by atoms with Crippen LogP contribution in [0.15, 0.2) is 29.2 Å². The molecule has 1 atom stereocenters. The number of nitrogens with zero attached hydrogens (tertiary/aromatic N) is 1. The summed E-state index contributed by atoms with van der Waals surface area (Å²) in [5, 5.41) is 2.17. The first-order chi connectivity index (χ1) is 14.5. The summed E-state index contributed by atoms with van der Waals surface area (Å²) in [5.74, 6) is -1.15. The molecule has 2 heterocycles. The van der Waals surface area contributed by atoms with E-state index in [0.717, 1.165) is 29.5 Å². The van der Waals surface area contributed by atoms with E-state index in [-0.39, 0.29) is 24.2 Å². The lowest BCUT2D eigenvalue weighted by atomic mass is 10.2. The number of carbonyl (C=O) groups is 4. The Labute approximate surface area is 177 Å². The van der Waals surface area contributed by atoms with Gasteiger partial charge in [0.15, 0.2) is 6.61 Å². The Balaban J connectivity index is 1.63. The highest BCUT2D eigenvalue weighted by Crippen LogP contribution is 2.33. The van der Waals surface area contributed by atoms with Gasteiger partial charge in [0.25, 0.3) is 11.1 Å². The molecule has 1 aromatic rings. The number of para-hydroxylation sites is 1. The lowest BCUT2D eigenvalue weighted by Crippen LogP contribution is -2.41. The zero-order valence-corrected chi connectivity index (χ0v) is 17.2. The van der Waals surface area contributed by atoms with Gasteiger partial charge in [0.2, 0.25) is 5.91 Å². The van der Waals surface area contributed by atoms with Gasteiger partial charge in [0.1, 0.15) is 12.3 Å². The second-order valence-corrected chi connectivity index (χ2v) is 7.60. The first kappa shape index (κ1) is 21.8. The Hall–Kier alpha value is -2.85. The first-order valence-electron chi connectivity index (χ1n) is 9.40. The topological polar surface area (TPSA) is 111 Å². The van der Waals surface area contributed by atoms with E-state index in [1.54, 1.807) is 24.3 Å². The fraction of sp³-hybridized carbons (Fsp3) is 0.400. The van der Waals surface area contributed by atoms with Crippen LogP contribution in [-0.2, 0) is 23.9 Å². The molecule has 30 heavy (non-hydrogen) atoms. The summed E-state index contributed by atoms with van der Waals surface area (Å²) in [4.78, 5) is 49.4. The molecule has 0 unspecified atom stereocenters. The van der Waals surface area contributed by atoms with Crippen molar-refractivity contribution in [1.82, 2.24) is 10.2 Å². The number of rotatable bonds is 8. The van der Waals surface area contributed by atoms with Gasteiger partial charge in [0, 0.05) is 18.7 Å². The largest absolute Gasteiger partial charge is 0.481 e. The fourth-order valence-corrected chi connectivity index (χ4v) is 3.77. The van der Waals surface area contributed by atoms with Crippen LogP contribution in [0.5, 0.6) is 5.75 Å². The van der Waals surface area contributed by atoms with Crippen molar-refractivity contribution < 1.29 is 33.4 Å². The van der Waals surface area contributed by atoms with E-state index in [0.29, 0.717) is 24.5 Å². The predicted octanol–water partition coefficient (Wildman–Crippen LogP) is 1.57. The highest BCUT2D eigenvalue weighted by molar-refractivity contribution is 8.18. The van der Waals surface area contributed by atoms with Crippen molar-refractivity contribution in [2.24, 2.45) is 0 Å². The molecule has 160 valence electrons. The summed E-state index contributed by atoms with van der Waals surface area (Å²) < 4.78 is 15.4. The molecule has 0 radical (unpaired) electrons. The smallest absolute Gasteiger partial charge is 0.343 e. The molecule has 3 amide bonds. The third-order valence-electron chi connectivity index (χ3n) is 4.51. The molecule has 2 aliphatic rings. The number of thioether (sulfide) groups is 1. The molecular weight excluding hydrogens is 412 g/mol. The summed E-state index contributed by atoms with van der Waals surface area (Å²) in [5.41, 5.74) is 0.523. The van der Waals surface area contributed by atoms with Gasteiger partial charge >= 0.3 is 5.97 Å². The molecular formula is C20H22N2O7S. The van der Waals surface area contributed by atoms with Crippen molar-refractivity contribution in [3.8, 4) is 5.75 Å². The van der Waals surface area contributed by atoms with Gasteiger partial charge in [-0.1, -0.05) is 18.2 Å². The molecule has 1 aromatic carbocycles. The van der Waals surface area contributed by atoms with E-state index >= 15 is 0 Å². The molecule has 0 spiro atoms. The van der Waals surface area contributed by atoms with E-state index in [2.05, 4.69) is 10.1 Å². The lowest BCUT2D eigenvalue weighted by molar-refractivity contribution is -0.142. The lowest BCUT2D eigenvalue weighted by Gasteiger charge is -2.14. The normalized spacial score (nSPS) is 20.0. The van der Waals surface area contributed by atoms with Crippen molar-refractivity contribution >= 4 is 40.9 Å². The molecule has 0 saturated carbocycles. The van der Waals surface area contributed by atoms with Crippen LogP contribution < -0.4 is 10.1 Å². The highest BCUT2D eigenvalue weighted by Gasteiger charge is 2.36. The van der Waals surface area contributed by atoms with Crippen LogP contribution in [0, 0.1) is 0 Å². The number of imide groups is 1. The molecule has 2 fully saturated rings. The van der Waals surface area contributed by atoms with Crippen LogP contribution in [0.3, 0.4) is 0 Å². The van der Waals surface area contributed by atoms with Crippen LogP contribution in [0.2, 0.25) is 0 Å². The molecule has 0 aromatic heterocycles. The number of hydrogen-bond acceptors (Lipinski definition) is 8. The quantitative estimate of drug-likeness (QED) is 0.485. The number of hydrogen-bond donors (Lipinski definition) is 1. The van der Waals surface area contributed by atoms with Gasteiger partial charge in [-0.25, -0.2) is 4.79 Å². The second kappa shape index (κ2) is 10.3. The Kier molecular flexibility index (Phi) is 7.47. The number of esters is 1. The third-order valence-corrected chi connectivity index (χ3v) is 5.41. The average Bonchev–Trinajstić information content (AvgIpc) is 3.35. The summed E-state index contributed by atoms with van der Waals surface area (Å²) >= 11 is 0.746. The van der Waals surface area contributed by atoms with Crippen LogP contribution >= 0.6 is 11.8 Å². The molecule has 2 aliphatic heterocycles. The van der Waals surface area contributed by atoms with Crippen molar-refractivity contribution in [3.63, 3.8) is 0 Å². The zero-order chi connectivity index (χ0) is 21.5. The van der Waals surface area contributed by atoms with Crippen LogP contribution in [0.1, 0.15) is 18.4 Å². The maximum Gasteiger partial charge on any atom is 0.343 e. The van der Waals surface area contributed by atoms with Crippen LogP contribution in [0.4, 0.5) is 4.79 Å². The van der Waals surface area contributed by atoms with Gasteiger partial charge in [0.05, 0.1) is 18.1 Å². The van der Waals surface area contributed by atoms with Gasteiger partial charge in [-0.05, 0) is 36.7 Å². The SMILES string of the molecule is COC(=O)COc1ccccc1/C=C1\SC(=O)N(CC(=O)NC[C@@H]2CCCO2)C1=O. The second-order valence-electron chi connectivity index (χ2n) is 6.61. The summed E-state index contributed by atoms with van der Waals surface area (Å²) in [6.45, 7) is 0.401. The number of methoxy groups -OCH3 is 1. The maximum absolute atomic E-state index is 12.6. The van der Waals surface area contributed by atoms with Gasteiger partial charge in [-0.2, -0.15) is 0 Å². The number of carbonyl (C=O) groups excluding carboxylic acids is 4. The monoisotopic (exact) mass is 434 g/mol. The zero-order valence-electron chi connectivity index (χ0n) is 16.4. The van der Waals surface area contributed by atoms with Crippen molar-refractivity contribution in [3.05, 3.63) is 34.7 Å². The van der Waals surface area contributed by atoms with Crippen molar-refractivity contribution in [2.45, 2.75) is 18.9 Å². The maximum atomic E-state index is 12.6. The molecule has 0 bridgehead atoms. The molecule has 2 saturated heterocycles. The average molecular weight is 434 g/mol. The Morgan fingerprint density at radius 3 is 2.87 bits per heavy atom. The molecule has 3 rings (SSSR count). The Bertz CT molecular complexity index is 864. The number of ether oxygens (including phenoxy) is 3. The first-order valence-corrected chi connectivity index (χ1v) is 10.2. The highest BCUT2D eigenvalue weighted by atomic mass is 32.2. The molecule has 10 heteroatoms. The van der Waals surface area contributed by atoms with Gasteiger partial charge in [-0.3, -0.25) is 19.3 Å². The minimum absolute atomic E-state index is 0.0229. The van der Waals surface area contributed by atoms with E-state index in [4.69, 9.17) is 9.47 Å². The fourth-order valence-electron chi connectivity index (χ4n) is 2.94. The minimum atomic E-state index is -0.556. The summed E-state index contributed by atoms with van der Waals surface area (Å²) in [6, 6.07) is 6.78. The number of nitrogens with one attached hydrogen (secondary N) is 1. The number of amides is 3. The van der Waals surface area contributed by atoms with Gasteiger partial charge in [-0.15, -0.1) is 0 Å². The predicted molar refractivity (Wildman–Crippen MR) is 109 cm³/mol. The van der Waals surface area contributed by atoms with Crippen LogP contribution in [0.25, 0.3) is 6.08 Å². The minimum Gasteiger partial charge on any atom is -0.481 e.